The predicted molar refractivity (Wildman–Crippen MR) is 59.7 cm³/mol. The van der Waals surface area contributed by atoms with Gasteiger partial charge in [-0.2, -0.15) is 0 Å². The number of nitrogens with zero attached hydrogens (tertiary/aromatic N) is 1. The van der Waals surface area contributed by atoms with Crippen LogP contribution in [0.5, 0.6) is 0 Å². The molecule has 1 heterocycles. The molecule has 3 rings (SSSR count). The second kappa shape index (κ2) is 3.31. The number of ketones is 1. The van der Waals surface area contributed by atoms with E-state index in [0.717, 1.165) is 25.4 Å². The maximum Gasteiger partial charge on any atom is 0.154 e. The van der Waals surface area contributed by atoms with Gasteiger partial charge < -0.3 is 0 Å². The van der Waals surface area contributed by atoms with Gasteiger partial charge in [0.15, 0.2) is 5.78 Å². The zero-order valence-electron chi connectivity index (χ0n) is 9.67. The fourth-order valence-electron chi connectivity index (χ4n) is 4.44. The molecule has 1 saturated heterocycles. The molecule has 0 aromatic heterocycles. The third-order valence-corrected chi connectivity index (χ3v) is 4.97. The molecule has 3 fully saturated rings. The lowest BCUT2D eigenvalue weighted by Crippen LogP contribution is -2.52. The summed E-state index contributed by atoms with van der Waals surface area (Å²) in [7, 11) is 0. The molecule has 0 radical (unpaired) electrons. The highest BCUT2D eigenvalue weighted by molar-refractivity contribution is 5.91. The summed E-state index contributed by atoms with van der Waals surface area (Å²) in [6.45, 7) is 4.40. The molecule has 3 unspecified atom stereocenters. The number of fused-ring (bicyclic) bond motifs is 3. The summed E-state index contributed by atoms with van der Waals surface area (Å²) in [5.74, 6) is 2.16. The molecule has 2 bridgehead atoms. The standard InChI is InChI=1S/C13H21NO/c1-2-6-14-7-5-12(15)13(14)9-10-3-4-11(13)8-10/h10-11H,2-9H2,1H3. The van der Waals surface area contributed by atoms with E-state index in [9.17, 15) is 4.79 Å². The molecule has 2 aliphatic carbocycles. The Morgan fingerprint density at radius 3 is 2.93 bits per heavy atom. The van der Waals surface area contributed by atoms with Crippen molar-refractivity contribution >= 4 is 5.78 Å². The van der Waals surface area contributed by atoms with Gasteiger partial charge in [0, 0.05) is 13.0 Å². The van der Waals surface area contributed by atoms with Gasteiger partial charge in [-0.3, -0.25) is 9.69 Å². The highest BCUT2D eigenvalue weighted by Gasteiger charge is 2.60. The summed E-state index contributed by atoms with van der Waals surface area (Å²) < 4.78 is 0. The van der Waals surface area contributed by atoms with Crippen LogP contribution in [0.15, 0.2) is 0 Å². The zero-order chi connectivity index (χ0) is 10.5. The van der Waals surface area contributed by atoms with E-state index < -0.39 is 0 Å². The van der Waals surface area contributed by atoms with E-state index in [1.54, 1.807) is 0 Å². The van der Waals surface area contributed by atoms with Crippen LogP contribution in [0.25, 0.3) is 0 Å². The Morgan fingerprint density at radius 1 is 1.47 bits per heavy atom. The van der Waals surface area contributed by atoms with Gasteiger partial charge >= 0.3 is 0 Å². The van der Waals surface area contributed by atoms with Crippen molar-refractivity contribution < 1.29 is 4.79 Å². The molecule has 0 aromatic carbocycles. The van der Waals surface area contributed by atoms with Gasteiger partial charge in [-0.25, -0.2) is 0 Å². The quantitative estimate of drug-likeness (QED) is 0.692. The Hall–Kier alpha value is -0.370. The Kier molecular flexibility index (Phi) is 2.17. The van der Waals surface area contributed by atoms with E-state index in [4.69, 9.17) is 0 Å². The van der Waals surface area contributed by atoms with Crippen molar-refractivity contribution in [3.63, 3.8) is 0 Å². The molecule has 84 valence electrons. The van der Waals surface area contributed by atoms with Crippen LogP contribution in [0.1, 0.15) is 45.4 Å². The number of carbonyl (C=O) groups is 1. The van der Waals surface area contributed by atoms with E-state index >= 15 is 0 Å². The van der Waals surface area contributed by atoms with Gasteiger partial charge in [-0.05, 0) is 44.1 Å². The summed E-state index contributed by atoms with van der Waals surface area (Å²) >= 11 is 0. The lowest BCUT2D eigenvalue weighted by Gasteiger charge is -2.40. The summed E-state index contributed by atoms with van der Waals surface area (Å²) in [6.07, 6.45) is 7.24. The van der Waals surface area contributed by atoms with Crippen molar-refractivity contribution in [3.8, 4) is 0 Å². The average Bonchev–Trinajstić information content (AvgIpc) is 2.89. The van der Waals surface area contributed by atoms with Crippen molar-refractivity contribution in [1.29, 1.82) is 0 Å². The molecule has 0 N–H and O–H groups in total. The summed E-state index contributed by atoms with van der Waals surface area (Å²) in [5.41, 5.74) is 0.0267. The van der Waals surface area contributed by atoms with Gasteiger partial charge in [0.25, 0.3) is 0 Å². The summed E-state index contributed by atoms with van der Waals surface area (Å²) in [6, 6.07) is 0. The van der Waals surface area contributed by atoms with Crippen molar-refractivity contribution in [2.75, 3.05) is 13.1 Å². The molecule has 2 nitrogen and oxygen atoms in total. The SMILES string of the molecule is CCCN1CCC(=O)C12CC1CCC2C1. The van der Waals surface area contributed by atoms with Crippen molar-refractivity contribution in [1.82, 2.24) is 4.90 Å². The molecule has 0 amide bonds. The van der Waals surface area contributed by atoms with E-state index in [1.165, 1.54) is 32.1 Å². The van der Waals surface area contributed by atoms with E-state index in [-0.39, 0.29) is 5.54 Å². The second-order valence-corrected chi connectivity index (χ2v) is 5.66. The van der Waals surface area contributed by atoms with Crippen LogP contribution < -0.4 is 0 Å². The van der Waals surface area contributed by atoms with Gasteiger partial charge in [0.2, 0.25) is 0 Å². The minimum Gasteiger partial charge on any atom is -0.298 e. The van der Waals surface area contributed by atoms with Gasteiger partial charge in [-0.1, -0.05) is 13.3 Å². The van der Waals surface area contributed by atoms with Crippen LogP contribution in [0.3, 0.4) is 0 Å². The third-order valence-electron chi connectivity index (χ3n) is 4.97. The first kappa shape index (κ1) is 9.83. The predicted octanol–water partition coefficient (Wildman–Crippen LogP) is 2.23. The third kappa shape index (κ3) is 1.17. The Balaban J connectivity index is 1.90. The van der Waals surface area contributed by atoms with Crippen LogP contribution in [-0.2, 0) is 4.79 Å². The maximum atomic E-state index is 12.2. The van der Waals surface area contributed by atoms with Crippen molar-refractivity contribution in [2.24, 2.45) is 11.8 Å². The molecular formula is C13H21NO. The first-order valence-electron chi connectivity index (χ1n) is 6.55. The molecule has 3 atom stereocenters. The first-order valence-corrected chi connectivity index (χ1v) is 6.55. The van der Waals surface area contributed by atoms with Gasteiger partial charge in [0.05, 0.1) is 5.54 Å². The second-order valence-electron chi connectivity index (χ2n) is 5.66. The van der Waals surface area contributed by atoms with Crippen LogP contribution in [0.4, 0.5) is 0 Å². The zero-order valence-corrected chi connectivity index (χ0v) is 9.67. The fraction of sp³-hybridized carbons (Fsp3) is 0.923. The first-order chi connectivity index (χ1) is 7.27. The number of Topliss-reactive ketones (excluding diaryl/α,β-unsaturated/α-hetero) is 1. The van der Waals surface area contributed by atoms with Crippen LogP contribution >= 0.6 is 0 Å². The van der Waals surface area contributed by atoms with E-state index in [2.05, 4.69) is 11.8 Å². The normalized spacial score (nSPS) is 44.7. The maximum absolute atomic E-state index is 12.2. The summed E-state index contributed by atoms with van der Waals surface area (Å²) in [4.78, 5) is 14.8. The lowest BCUT2D eigenvalue weighted by atomic mass is 9.78. The molecule has 2 saturated carbocycles. The van der Waals surface area contributed by atoms with Crippen molar-refractivity contribution in [3.05, 3.63) is 0 Å². The Morgan fingerprint density at radius 2 is 2.33 bits per heavy atom. The topological polar surface area (TPSA) is 20.3 Å². The van der Waals surface area contributed by atoms with Crippen LogP contribution in [-0.4, -0.2) is 29.3 Å². The highest BCUT2D eigenvalue weighted by Crippen LogP contribution is 2.55. The van der Waals surface area contributed by atoms with E-state index in [1.807, 2.05) is 0 Å². The molecule has 15 heavy (non-hydrogen) atoms. The molecule has 2 heteroatoms. The Bertz CT molecular complexity index is 288. The number of likely N-dealkylation sites (tertiary alicyclic amines) is 1. The Labute approximate surface area is 92.0 Å². The monoisotopic (exact) mass is 207 g/mol. The van der Waals surface area contributed by atoms with Crippen molar-refractivity contribution in [2.45, 2.75) is 51.0 Å². The van der Waals surface area contributed by atoms with Crippen LogP contribution in [0.2, 0.25) is 0 Å². The van der Waals surface area contributed by atoms with Gasteiger partial charge in [-0.15, -0.1) is 0 Å². The smallest absolute Gasteiger partial charge is 0.154 e. The van der Waals surface area contributed by atoms with Crippen LogP contribution in [0, 0.1) is 11.8 Å². The van der Waals surface area contributed by atoms with E-state index in [0.29, 0.717) is 11.7 Å². The van der Waals surface area contributed by atoms with Gasteiger partial charge in [0.1, 0.15) is 0 Å². The molecular weight excluding hydrogens is 186 g/mol. The molecule has 1 spiro atoms. The molecule has 3 aliphatic rings. The lowest BCUT2D eigenvalue weighted by molar-refractivity contribution is -0.128. The number of hydrogen-bond donors (Lipinski definition) is 0. The molecule has 0 aromatic rings. The minimum absolute atomic E-state index is 0.0267. The highest BCUT2D eigenvalue weighted by atomic mass is 16.1. The fourth-order valence-corrected chi connectivity index (χ4v) is 4.44. The average molecular weight is 207 g/mol. The number of hydrogen-bond acceptors (Lipinski definition) is 2. The number of rotatable bonds is 2. The largest absolute Gasteiger partial charge is 0.298 e. The summed E-state index contributed by atoms with van der Waals surface area (Å²) in [5, 5.41) is 0. The molecule has 1 aliphatic heterocycles. The number of carbonyl (C=O) groups excluding carboxylic acids is 1. The minimum atomic E-state index is 0.0267.